The topological polar surface area (TPSA) is 63.4 Å². The van der Waals surface area contributed by atoms with Crippen molar-refractivity contribution in [3.63, 3.8) is 0 Å². The van der Waals surface area contributed by atoms with Crippen LogP contribution in [0.25, 0.3) is 0 Å². The number of carbonyl (C=O) groups excluding carboxylic acids is 2. The van der Waals surface area contributed by atoms with Crippen molar-refractivity contribution in [3.05, 3.63) is 12.2 Å². The zero-order chi connectivity index (χ0) is 9.14. The number of carbonyl (C=O) groups is 2. The van der Waals surface area contributed by atoms with Crippen molar-refractivity contribution in [2.45, 2.75) is 19.4 Å². The Bertz CT molecular complexity index is 235. The fourth-order valence-corrected chi connectivity index (χ4v) is 1.31. The van der Waals surface area contributed by atoms with Crippen molar-refractivity contribution in [1.82, 2.24) is 4.90 Å². The van der Waals surface area contributed by atoms with E-state index >= 15 is 0 Å². The smallest absolute Gasteiger partial charge is 0.247 e. The van der Waals surface area contributed by atoms with E-state index in [9.17, 15) is 9.59 Å². The molecule has 0 aromatic heterocycles. The molecular weight excluding hydrogens is 156 g/mol. The van der Waals surface area contributed by atoms with E-state index in [4.69, 9.17) is 5.73 Å². The zero-order valence-electron chi connectivity index (χ0n) is 6.99. The number of hydrogen-bond donors (Lipinski definition) is 1. The van der Waals surface area contributed by atoms with Gasteiger partial charge in [0, 0.05) is 12.6 Å². The summed E-state index contributed by atoms with van der Waals surface area (Å²) in [5, 5.41) is 0. The Morgan fingerprint density at radius 3 is 2.83 bits per heavy atom. The second kappa shape index (κ2) is 3.38. The molecule has 12 heavy (non-hydrogen) atoms. The molecule has 1 aliphatic rings. The highest BCUT2D eigenvalue weighted by molar-refractivity contribution is 5.94. The van der Waals surface area contributed by atoms with Crippen LogP contribution in [0.5, 0.6) is 0 Å². The summed E-state index contributed by atoms with van der Waals surface area (Å²) in [7, 11) is 0. The lowest BCUT2D eigenvalue weighted by Crippen LogP contribution is -2.45. The maximum atomic E-state index is 11.1. The van der Waals surface area contributed by atoms with Gasteiger partial charge in [0.25, 0.3) is 0 Å². The number of hydrogen-bond acceptors (Lipinski definition) is 2. The summed E-state index contributed by atoms with van der Waals surface area (Å²) >= 11 is 0. The molecule has 1 aliphatic heterocycles. The lowest BCUT2D eigenvalue weighted by atomic mass is 10.2. The summed E-state index contributed by atoms with van der Waals surface area (Å²) < 4.78 is 0. The average Bonchev–Trinajstić information content (AvgIpc) is 2.38. The highest BCUT2D eigenvalue weighted by Gasteiger charge is 2.26. The zero-order valence-corrected chi connectivity index (χ0v) is 6.99. The van der Waals surface area contributed by atoms with Crippen molar-refractivity contribution < 1.29 is 9.59 Å². The van der Waals surface area contributed by atoms with Crippen LogP contribution >= 0.6 is 0 Å². The minimum atomic E-state index is -0.451. The predicted molar refractivity (Wildman–Crippen MR) is 44.1 cm³/mol. The van der Waals surface area contributed by atoms with Gasteiger partial charge in [-0.25, -0.2) is 0 Å². The molecule has 0 aromatic carbocycles. The van der Waals surface area contributed by atoms with Gasteiger partial charge in [-0.15, -0.1) is 0 Å². The summed E-state index contributed by atoms with van der Waals surface area (Å²) in [5.41, 5.74) is 5.13. The van der Waals surface area contributed by atoms with Gasteiger partial charge in [-0.3, -0.25) is 9.59 Å². The predicted octanol–water partition coefficient (Wildman–Crippen LogP) is -0.351. The largest absolute Gasteiger partial charge is 0.368 e. The van der Waals surface area contributed by atoms with Gasteiger partial charge in [-0.1, -0.05) is 13.0 Å². The first-order valence-corrected chi connectivity index (χ1v) is 3.93. The molecule has 4 heteroatoms. The molecule has 0 aromatic rings. The molecule has 1 unspecified atom stereocenters. The van der Waals surface area contributed by atoms with Crippen LogP contribution in [0.15, 0.2) is 12.2 Å². The third-order valence-corrected chi connectivity index (χ3v) is 1.94. The van der Waals surface area contributed by atoms with Crippen molar-refractivity contribution in [3.8, 4) is 0 Å². The molecule has 66 valence electrons. The molecule has 0 saturated heterocycles. The van der Waals surface area contributed by atoms with Gasteiger partial charge < -0.3 is 10.6 Å². The van der Waals surface area contributed by atoms with E-state index < -0.39 is 11.9 Å². The Balaban J connectivity index is 2.67. The van der Waals surface area contributed by atoms with Gasteiger partial charge in [-0.05, 0) is 6.42 Å². The molecule has 4 nitrogen and oxygen atoms in total. The normalized spacial score (nSPS) is 18.4. The lowest BCUT2D eigenvalue weighted by molar-refractivity contribution is -0.134. The summed E-state index contributed by atoms with van der Waals surface area (Å²) in [6.07, 6.45) is 3.77. The van der Waals surface area contributed by atoms with Crippen LogP contribution in [0.3, 0.4) is 0 Å². The maximum absolute atomic E-state index is 11.1. The second-order valence-electron chi connectivity index (χ2n) is 2.72. The fraction of sp³-hybridized carbons (Fsp3) is 0.500. The van der Waals surface area contributed by atoms with E-state index in [1.54, 1.807) is 6.08 Å². The number of nitrogens with two attached hydrogens (primary N) is 1. The minimum Gasteiger partial charge on any atom is -0.368 e. The molecule has 2 amide bonds. The van der Waals surface area contributed by atoms with Crippen molar-refractivity contribution >= 4 is 11.8 Å². The minimum absolute atomic E-state index is 0.124. The molecule has 0 saturated carbocycles. The number of rotatable bonds is 3. The molecule has 0 bridgehead atoms. The standard InChI is InChI=1S/C8H12N2O2/c1-2-6(8(9)12)10-5-3-4-7(10)11/h3-4,6H,2,5H2,1H3,(H2,9,12). The molecule has 0 fully saturated rings. The molecule has 1 atom stereocenters. The van der Waals surface area contributed by atoms with E-state index in [0.717, 1.165) is 0 Å². The Kier molecular flexibility index (Phi) is 2.47. The van der Waals surface area contributed by atoms with E-state index in [2.05, 4.69) is 0 Å². The molecule has 1 rings (SSSR count). The van der Waals surface area contributed by atoms with Crippen molar-refractivity contribution in [1.29, 1.82) is 0 Å². The number of primary amides is 1. The average molecular weight is 168 g/mol. The first-order chi connectivity index (χ1) is 5.66. The first kappa shape index (κ1) is 8.77. The van der Waals surface area contributed by atoms with Crippen LogP contribution < -0.4 is 5.73 Å². The van der Waals surface area contributed by atoms with Crippen LogP contribution in [0.2, 0.25) is 0 Å². The molecular formula is C8H12N2O2. The number of amides is 2. The Labute approximate surface area is 71.0 Å². The van der Waals surface area contributed by atoms with E-state index in [-0.39, 0.29) is 5.91 Å². The molecule has 0 aliphatic carbocycles. The van der Waals surface area contributed by atoms with E-state index in [0.29, 0.717) is 13.0 Å². The summed E-state index contributed by atoms with van der Waals surface area (Å²) in [4.78, 5) is 23.4. The monoisotopic (exact) mass is 168 g/mol. The molecule has 1 heterocycles. The molecule has 0 radical (unpaired) electrons. The maximum Gasteiger partial charge on any atom is 0.247 e. The Morgan fingerprint density at radius 2 is 2.50 bits per heavy atom. The lowest BCUT2D eigenvalue weighted by Gasteiger charge is -2.23. The van der Waals surface area contributed by atoms with Gasteiger partial charge in [0.05, 0.1) is 0 Å². The summed E-state index contributed by atoms with van der Waals surface area (Å²) in [6, 6.07) is -0.451. The van der Waals surface area contributed by atoms with E-state index in [1.165, 1.54) is 11.0 Å². The van der Waals surface area contributed by atoms with Crippen LogP contribution in [0.1, 0.15) is 13.3 Å². The fourth-order valence-electron chi connectivity index (χ4n) is 1.31. The Morgan fingerprint density at radius 1 is 1.83 bits per heavy atom. The SMILES string of the molecule is CCC(C(N)=O)N1CC=CC1=O. The van der Waals surface area contributed by atoms with Crippen LogP contribution in [-0.2, 0) is 9.59 Å². The van der Waals surface area contributed by atoms with Gasteiger partial charge in [0.1, 0.15) is 6.04 Å². The highest BCUT2D eigenvalue weighted by Crippen LogP contribution is 2.09. The summed E-state index contributed by atoms with van der Waals surface area (Å²) in [5.74, 6) is -0.560. The van der Waals surface area contributed by atoms with Crippen LogP contribution in [0, 0.1) is 0 Å². The third kappa shape index (κ3) is 1.47. The second-order valence-corrected chi connectivity index (χ2v) is 2.72. The quantitative estimate of drug-likeness (QED) is 0.626. The van der Waals surface area contributed by atoms with Gasteiger partial charge >= 0.3 is 0 Å². The first-order valence-electron chi connectivity index (χ1n) is 3.93. The molecule has 2 N–H and O–H groups in total. The van der Waals surface area contributed by atoms with Gasteiger partial charge in [0.2, 0.25) is 11.8 Å². The number of nitrogens with zero attached hydrogens (tertiary/aromatic N) is 1. The van der Waals surface area contributed by atoms with Gasteiger partial charge in [-0.2, -0.15) is 0 Å². The van der Waals surface area contributed by atoms with Crippen molar-refractivity contribution in [2.75, 3.05) is 6.54 Å². The van der Waals surface area contributed by atoms with Crippen LogP contribution in [0.4, 0.5) is 0 Å². The third-order valence-electron chi connectivity index (χ3n) is 1.94. The van der Waals surface area contributed by atoms with Crippen molar-refractivity contribution in [2.24, 2.45) is 5.73 Å². The summed E-state index contributed by atoms with van der Waals surface area (Å²) in [6.45, 7) is 2.33. The van der Waals surface area contributed by atoms with Gasteiger partial charge in [0.15, 0.2) is 0 Å². The Hall–Kier alpha value is -1.32. The highest BCUT2D eigenvalue weighted by atomic mass is 16.2. The molecule has 0 spiro atoms. The van der Waals surface area contributed by atoms with Crippen LogP contribution in [-0.4, -0.2) is 29.3 Å². The van der Waals surface area contributed by atoms with E-state index in [1.807, 2.05) is 6.92 Å².